The molecule has 1 saturated carbocycles. The van der Waals surface area contributed by atoms with Gasteiger partial charge >= 0.3 is 6.36 Å². The van der Waals surface area contributed by atoms with E-state index in [1.54, 1.807) is 6.07 Å². The fraction of sp³-hybridized carbons (Fsp3) is 0.571. The van der Waals surface area contributed by atoms with Gasteiger partial charge in [0.15, 0.2) is 0 Å². The fourth-order valence-electron chi connectivity index (χ4n) is 2.62. The van der Waals surface area contributed by atoms with E-state index in [9.17, 15) is 18.3 Å². The summed E-state index contributed by atoms with van der Waals surface area (Å²) in [4.78, 5) is 0. The van der Waals surface area contributed by atoms with Gasteiger partial charge in [-0.15, -0.1) is 13.2 Å². The molecule has 0 aromatic heterocycles. The summed E-state index contributed by atoms with van der Waals surface area (Å²) in [5, 5.41) is 10.1. The van der Waals surface area contributed by atoms with E-state index in [-0.39, 0.29) is 5.75 Å². The first-order valence-electron chi connectivity index (χ1n) is 6.48. The summed E-state index contributed by atoms with van der Waals surface area (Å²) in [5.41, 5.74) is 0.480. The average Bonchev–Trinajstić information content (AvgIpc) is 2.80. The smallest absolute Gasteiger partial charge is 0.406 e. The van der Waals surface area contributed by atoms with Crippen molar-refractivity contribution in [2.45, 2.75) is 44.6 Å². The van der Waals surface area contributed by atoms with Crippen LogP contribution in [0.2, 0.25) is 0 Å². The summed E-state index contributed by atoms with van der Waals surface area (Å²) in [6, 6.07) is 5.59. The lowest BCUT2D eigenvalue weighted by Crippen LogP contribution is -2.17. The van der Waals surface area contributed by atoms with Crippen molar-refractivity contribution >= 4 is 0 Å². The van der Waals surface area contributed by atoms with Crippen molar-refractivity contribution in [1.82, 2.24) is 0 Å². The Morgan fingerprint density at radius 3 is 2.58 bits per heavy atom. The molecular formula is C14H17F3O2. The zero-order valence-electron chi connectivity index (χ0n) is 10.5. The van der Waals surface area contributed by atoms with E-state index in [1.165, 1.54) is 31.0 Å². The molecule has 1 aromatic rings. The molecule has 1 N–H and O–H groups in total. The van der Waals surface area contributed by atoms with Gasteiger partial charge in [-0.25, -0.2) is 0 Å². The molecule has 1 aromatic carbocycles. The van der Waals surface area contributed by atoms with Crippen LogP contribution >= 0.6 is 0 Å². The van der Waals surface area contributed by atoms with Crippen molar-refractivity contribution < 1.29 is 23.0 Å². The van der Waals surface area contributed by atoms with Crippen molar-refractivity contribution in [3.05, 3.63) is 29.8 Å². The molecule has 0 aliphatic heterocycles. The number of rotatable bonds is 4. The molecule has 0 heterocycles. The van der Waals surface area contributed by atoms with Crippen LogP contribution in [0.15, 0.2) is 24.3 Å². The van der Waals surface area contributed by atoms with E-state index in [0.717, 1.165) is 12.8 Å². The predicted octanol–water partition coefficient (Wildman–Crippen LogP) is 4.20. The molecule has 5 heteroatoms. The number of halogens is 3. The van der Waals surface area contributed by atoms with E-state index in [0.29, 0.717) is 17.9 Å². The molecule has 0 amide bonds. The van der Waals surface area contributed by atoms with Crippen LogP contribution < -0.4 is 4.74 Å². The second-order valence-electron chi connectivity index (χ2n) is 5.02. The summed E-state index contributed by atoms with van der Waals surface area (Å²) in [6.45, 7) is 0. The highest BCUT2D eigenvalue weighted by Crippen LogP contribution is 2.34. The fourth-order valence-corrected chi connectivity index (χ4v) is 2.62. The van der Waals surface area contributed by atoms with Crippen LogP contribution in [0, 0.1) is 5.92 Å². The predicted molar refractivity (Wildman–Crippen MR) is 64.7 cm³/mol. The summed E-state index contributed by atoms with van der Waals surface area (Å²) < 4.78 is 40.2. The van der Waals surface area contributed by atoms with Gasteiger partial charge in [-0.05, 0) is 30.0 Å². The molecule has 1 unspecified atom stereocenters. The number of aliphatic hydroxyl groups excluding tert-OH is 1. The summed E-state index contributed by atoms with van der Waals surface area (Å²) in [6.07, 6.45) is -0.279. The second kappa shape index (κ2) is 5.82. The standard InChI is InChI=1S/C14H17F3O2/c15-14(16,17)19-12-7-3-6-11(9-12)13(18)8-10-4-1-2-5-10/h3,6-7,9-10,13,18H,1-2,4-5,8H2. The lowest BCUT2D eigenvalue weighted by Gasteiger charge is -2.17. The molecule has 1 aliphatic rings. The first-order valence-corrected chi connectivity index (χ1v) is 6.48. The zero-order chi connectivity index (χ0) is 13.9. The van der Waals surface area contributed by atoms with E-state index >= 15 is 0 Å². The Morgan fingerprint density at radius 1 is 1.26 bits per heavy atom. The molecule has 0 saturated heterocycles. The van der Waals surface area contributed by atoms with Crippen LogP contribution in [0.3, 0.4) is 0 Å². The lowest BCUT2D eigenvalue weighted by molar-refractivity contribution is -0.274. The monoisotopic (exact) mass is 274 g/mol. The van der Waals surface area contributed by atoms with Crippen molar-refractivity contribution in [3.63, 3.8) is 0 Å². The van der Waals surface area contributed by atoms with E-state index in [4.69, 9.17) is 0 Å². The van der Waals surface area contributed by atoms with E-state index < -0.39 is 12.5 Å². The number of hydrogen-bond donors (Lipinski definition) is 1. The van der Waals surface area contributed by atoms with Gasteiger partial charge in [-0.2, -0.15) is 0 Å². The molecule has 1 atom stereocenters. The van der Waals surface area contributed by atoms with Crippen molar-refractivity contribution in [3.8, 4) is 5.75 Å². The van der Waals surface area contributed by atoms with Gasteiger partial charge in [0.05, 0.1) is 6.10 Å². The Labute approximate surface area is 110 Å². The first kappa shape index (κ1) is 14.2. The Morgan fingerprint density at radius 2 is 1.95 bits per heavy atom. The maximum atomic E-state index is 12.1. The molecule has 1 aliphatic carbocycles. The normalized spacial score (nSPS) is 18.5. The SMILES string of the molecule is OC(CC1CCCC1)c1cccc(OC(F)(F)F)c1. The molecule has 106 valence electrons. The van der Waals surface area contributed by atoms with Crippen molar-refractivity contribution in [2.75, 3.05) is 0 Å². The van der Waals surface area contributed by atoms with Gasteiger partial charge in [-0.1, -0.05) is 37.8 Å². The summed E-state index contributed by atoms with van der Waals surface area (Å²) in [7, 11) is 0. The number of hydrogen-bond acceptors (Lipinski definition) is 2. The Balaban J connectivity index is 2.00. The van der Waals surface area contributed by atoms with Crippen LogP contribution in [0.5, 0.6) is 5.75 Å². The molecule has 0 radical (unpaired) electrons. The number of alkyl halides is 3. The number of benzene rings is 1. The maximum absolute atomic E-state index is 12.1. The van der Waals surface area contributed by atoms with Crippen molar-refractivity contribution in [2.24, 2.45) is 5.92 Å². The highest BCUT2D eigenvalue weighted by Gasteiger charge is 2.31. The van der Waals surface area contributed by atoms with Gasteiger partial charge in [0.2, 0.25) is 0 Å². The molecule has 19 heavy (non-hydrogen) atoms. The van der Waals surface area contributed by atoms with Gasteiger partial charge in [0.1, 0.15) is 5.75 Å². The third-order valence-electron chi connectivity index (χ3n) is 3.51. The van der Waals surface area contributed by atoms with Crippen LogP contribution in [-0.2, 0) is 0 Å². The van der Waals surface area contributed by atoms with Gasteiger partial charge in [-0.3, -0.25) is 0 Å². The molecule has 0 bridgehead atoms. The third-order valence-corrected chi connectivity index (χ3v) is 3.51. The number of ether oxygens (including phenoxy) is 1. The molecule has 2 nitrogen and oxygen atoms in total. The number of aliphatic hydroxyl groups is 1. The van der Waals surface area contributed by atoms with Crippen LogP contribution in [0.25, 0.3) is 0 Å². The van der Waals surface area contributed by atoms with Gasteiger partial charge < -0.3 is 9.84 Å². The van der Waals surface area contributed by atoms with Crippen LogP contribution in [0.4, 0.5) is 13.2 Å². The maximum Gasteiger partial charge on any atom is 0.573 e. The van der Waals surface area contributed by atoms with E-state index in [2.05, 4.69) is 4.74 Å². The zero-order valence-corrected chi connectivity index (χ0v) is 10.5. The second-order valence-corrected chi connectivity index (χ2v) is 5.02. The van der Waals surface area contributed by atoms with Crippen LogP contribution in [0.1, 0.15) is 43.8 Å². The highest BCUT2D eigenvalue weighted by atomic mass is 19.4. The summed E-state index contributed by atoms with van der Waals surface area (Å²) in [5.74, 6) is 0.192. The first-order chi connectivity index (χ1) is 8.94. The minimum Gasteiger partial charge on any atom is -0.406 e. The van der Waals surface area contributed by atoms with Crippen LogP contribution in [-0.4, -0.2) is 11.5 Å². The highest BCUT2D eigenvalue weighted by molar-refractivity contribution is 5.30. The molecule has 1 fully saturated rings. The third kappa shape index (κ3) is 4.42. The van der Waals surface area contributed by atoms with Crippen molar-refractivity contribution in [1.29, 1.82) is 0 Å². The minimum absolute atomic E-state index is 0.282. The Bertz CT molecular complexity index is 411. The van der Waals surface area contributed by atoms with Gasteiger partial charge in [0, 0.05) is 0 Å². The lowest BCUT2D eigenvalue weighted by atomic mass is 9.96. The topological polar surface area (TPSA) is 29.5 Å². The van der Waals surface area contributed by atoms with Gasteiger partial charge in [0.25, 0.3) is 0 Å². The summed E-state index contributed by atoms with van der Waals surface area (Å²) >= 11 is 0. The molecule has 0 spiro atoms. The largest absolute Gasteiger partial charge is 0.573 e. The molecule has 2 rings (SSSR count). The Hall–Kier alpha value is -1.23. The molecular weight excluding hydrogens is 257 g/mol. The average molecular weight is 274 g/mol. The Kier molecular flexibility index (Phi) is 4.34. The quantitative estimate of drug-likeness (QED) is 0.891. The minimum atomic E-state index is -4.70. The van der Waals surface area contributed by atoms with E-state index in [1.807, 2.05) is 0 Å².